The van der Waals surface area contributed by atoms with E-state index in [1.807, 2.05) is 0 Å². The minimum atomic E-state index is 0.836. The minimum absolute atomic E-state index is 0.836. The number of hydrogen-bond donors (Lipinski definition) is 2. The van der Waals surface area contributed by atoms with E-state index in [4.69, 9.17) is 9.97 Å². The summed E-state index contributed by atoms with van der Waals surface area (Å²) in [4.78, 5) is 17.1. The number of aryl methyl sites for hydroxylation is 4. The summed E-state index contributed by atoms with van der Waals surface area (Å²) in [6, 6.07) is 0. The van der Waals surface area contributed by atoms with E-state index >= 15 is 0 Å². The molecule has 0 aliphatic carbocycles. The van der Waals surface area contributed by atoms with Gasteiger partial charge in [-0.25, -0.2) is 9.97 Å². The van der Waals surface area contributed by atoms with Gasteiger partial charge in [0.25, 0.3) is 0 Å². The van der Waals surface area contributed by atoms with Crippen LogP contribution in [0, 0.1) is 13.8 Å². The maximum Gasteiger partial charge on any atom is 0.106 e. The highest BCUT2D eigenvalue weighted by molar-refractivity contribution is 5.24. The third kappa shape index (κ3) is 21.9. The quantitative estimate of drug-likeness (QED) is 0.0739. The fraction of sp³-hybridized carbons (Fsp3) is 0.860. The Hall–Kier alpha value is -1.58. The number of rotatable bonds is 34. The lowest BCUT2D eigenvalue weighted by atomic mass is 10.0. The third-order valence-electron chi connectivity index (χ3n) is 10.4. The minimum Gasteiger partial charge on any atom is -0.346 e. The first kappa shape index (κ1) is 41.6. The van der Waals surface area contributed by atoms with Gasteiger partial charge in [-0.05, 0) is 26.7 Å². The second-order valence-electron chi connectivity index (χ2n) is 15.1. The molecule has 2 aromatic heterocycles. The van der Waals surface area contributed by atoms with E-state index in [9.17, 15) is 0 Å². The van der Waals surface area contributed by atoms with Gasteiger partial charge in [0.15, 0.2) is 0 Å². The molecule has 0 saturated heterocycles. The summed E-state index contributed by atoms with van der Waals surface area (Å²) in [5, 5.41) is 0. The molecule has 2 aromatic rings. The van der Waals surface area contributed by atoms with Gasteiger partial charge in [0.05, 0.1) is 11.4 Å². The number of imidazole rings is 2. The Labute approximate surface area is 293 Å². The van der Waals surface area contributed by atoms with E-state index in [0.717, 1.165) is 19.3 Å². The van der Waals surface area contributed by atoms with Gasteiger partial charge in [0.2, 0.25) is 0 Å². The molecule has 2 rings (SSSR count). The monoisotopic (exact) mass is 653 g/mol. The molecule has 0 atom stereocenters. The van der Waals surface area contributed by atoms with E-state index in [1.165, 1.54) is 227 Å². The van der Waals surface area contributed by atoms with E-state index < -0.39 is 0 Å². The van der Waals surface area contributed by atoms with Crippen LogP contribution in [0.4, 0.5) is 0 Å². The van der Waals surface area contributed by atoms with E-state index in [1.54, 1.807) is 0 Å². The van der Waals surface area contributed by atoms with Gasteiger partial charge in [-0.15, -0.1) is 0 Å². The Balaban J connectivity index is 1.46. The molecule has 0 aliphatic rings. The fourth-order valence-electron chi connectivity index (χ4n) is 7.19. The first-order chi connectivity index (χ1) is 23.1. The molecule has 4 heteroatoms. The molecule has 4 nitrogen and oxygen atoms in total. The molecule has 0 aromatic carbocycles. The second-order valence-corrected chi connectivity index (χ2v) is 15.1. The topological polar surface area (TPSA) is 57.4 Å². The van der Waals surface area contributed by atoms with Crippen molar-refractivity contribution in [3.8, 4) is 0 Å². The maximum atomic E-state index is 4.99. The van der Waals surface area contributed by atoms with Crippen LogP contribution in [0.3, 0.4) is 0 Å². The highest BCUT2D eigenvalue weighted by Crippen LogP contribution is 2.18. The summed E-state index contributed by atoms with van der Waals surface area (Å²) in [7, 11) is 0. The number of hydrogen-bond acceptors (Lipinski definition) is 2. The average Bonchev–Trinajstić information content (AvgIpc) is 3.60. The van der Waals surface area contributed by atoms with Crippen molar-refractivity contribution in [2.24, 2.45) is 0 Å². The Morgan fingerprint density at radius 1 is 0.340 bits per heavy atom. The van der Waals surface area contributed by atoms with Crippen molar-refractivity contribution in [3.63, 3.8) is 0 Å². The first-order valence-corrected chi connectivity index (χ1v) is 21.2. The second kappa shape index (κ2) is 29.3. The van der Waals surface area contributed by atoms with Crippen molar-refractivity contribution in [1.82, 2.24) is 19.9 Å². The van der Waals surface area contributed by atoms with Crippen LogP contribution in [-0.4, -0.2) is 19.9 Å². The molecule has 0 unspecified atom stereocenters. The molecular weight excluding hydrogens is 573 g/mol. The zero-order valence-corrected chi connectivity index (χ0v) is 32.2. The zero-order valence-electron chi connectivity index (χ0n) is 32.2. The number of unbranched alkanes of at least 4 members (excludes halogenated alkanes) is 28. The van der Waals surface area contributed by atoms with Gasteiger partial charge in [-0.3, -0.25) is 0 Å². The summed E-state index contributed by atoms with van der Waals surface area (Å²) in [5.41, 5.74) is 4.78. The van der Waals surface area contributed by atoms with Crippen LogP contribution >= 0.6 is 0 Å². The lowest BCUT2D eigenvalue weighted by Crippen LogP contribution is -1.95. The number of aromatic nitrogens is 4. The molecule has 0 saturated carbocycles. The molecule has 272 valence electrons. The van der Waals surface area contributed by atoms with Crippen LogP contribution in [0.2, 0.25) is 0 Å². The van der Waals surface area contributed by atoms with Crippen LogP contribution in [0.15, 0.2) is 0 Å². The SMILES string of the molecule is CCCCCCCCCCCCCCCCCc1nc(Cc2nc(CCCCCCCCCCCCCCCCC)[nH]c2C)c(C)[nH]1. The van der Waals surface area contributed by atoms with Crippen molar-refractivity contribution < 1.29 is 0 Å². The van der Waals surface area contributed by atoms with Crippen LogP contribution < -0.4 is 0 Å². The normalized spacial score (nSPS) is 11.7. The smallest absolute Gasteiger partial charge is 0.106 e. The summed E-state index contributed by atoms with van der Waals surface area (Å²) < 4.78 is 0. The summed E-state index contributed by atoms with van der Waals surface area (Å²) >= 11 is 0. The van der Waals surface area contributed by atoms with Crippen molar-refractivity contribution in [2.75, 3.05) is 0 Å². The molecule has 47 heavy (non-hydrogen) atoms. The Morgan fingerprint density at radius 3 is 0.830 bits per heavy atom. The molecule has 0 fully saturated rings. The highest BCUT2D eigenvalue weighted by Gasteiger charge is 2.13. The van der Waals surface area contributed by atoms with E-state index in [0.29, 0.717) is 0 Å². The van der Waals surface area contributed by atoms with Gasteiger partial charge in [-0.1, -0.05) is 194 Å². The number of H-pyrrole nitrogens is 2. The predicted octanol–water partition coefficient (Wildman–Crippen LogP) is 14.2. The molecule has 0 bridgehead atoms. The summed E-state index contributed by atoms with van der Waals surface area (Å²) in [6.45, 7) is 8.96. The highest BCUT2D eigenvalue weighted by atomic mass is 15.0. The molecule has 2 heterocycles. The van der Waals surface area contributed by atoms with Gasteiger partial charge in [-0.2, -0.15) is 0 Å². The largest absolute Gasteiger partial charge is 0.346 e. The van der Waals surface area contributed by atoms with Crippen molar-refractivity contribution in [1.29, 1.82) is 0 Å². The molecule has 2 N–H and O–H groups in total. The molecular formula is C43H80N4. The van der Waals surface area contributed by atoms with Crippen LogP contribution in [0.1, 0.15) is 241 Å². The van der Waals surface area contributed by atoms with Crippen LogP contribution in [0.5, 0.6) is 0 Å². The third-order valence-corrected chi connectivity index (χ3v) is 10.4. The van der Waals surface area contributed by atoms with Gasteiger partial charge in [0, 0.05) is 30.7 Å². The predicted molar refractivity (Wildman–Crippen MR) is 207 cm³/mol. The average molecular weight is 653 g/mol. The summed E-state index contributed by atoms with van der Waals surface area (Å²) in [5.74, 6) is 2.33. The Bertz CT molecular complexity index is 881. The van der Waals surface area contributed by atoms with Crippen molar-refractivity contribution in [3.05, 3.63) is 34.4 Å². The Kier molecular flexibility index (Phi) is 26.0. The van der Waals surface area contributed by atoms with Gasteiger partial charge >= 0.3 is 0 Å². The lowest BCUT2D eigenvalue weighted by molar-refractivity contribution is 0.531. The molecule has 0 amide bonds. The summed E-state index contributed by atoms with van der Waals surface area (Å²) in [6.07, 6.45) is 45.3. The number of aromatic amines is 2. The molecule has 0 aliphatic heterocycles. The van der Waals surface area contributed by atoms with Crippen LogP contribution in [-0.2, 0) is 19.3 Å². The number of nitrogens with zero attached hydrogens (tertiary/aromatic N) is 2. The van der Waals surface area contributed by atoms with Crippen molar-refractivity contribution >= 4 is 0 Å². The van der Waals surface area contributed by atoms with E-state index in [-0.39, 0.29) is 0 Å². The maximum absolute atomic E-state index is 4.99. The zero-order chi connectivity index (χ0) is 33.6. The standard InChI is InChI=1S/C43H80N4/c1-5-7-9-11-13-15-17-19-21-23-25-27-29-31-33-35-42-44-38(3)40(46-42)37-41-39(4)45-43(47-41)36-34-32-30-28-26-24-22-20-18-16-14-12-10-8-6-2/h5-37H2,1-4H3,(H,44,46)(H,45,47). The number of nitrogens with one attached hydrogen (secondary N) is 2. The molecule has 0 radical (unpaired) electrons. The first-order valence-electron chi connectivity index (χ1n) is 21.2. The van der Waals surface area contributed by atoms with Gasteiger partial charge < -0.3 is 9.97 Å². The van der Waals surface area contributed by atoms with Crippen molar-refractivity contribution in [2.45, 2.75) is 240 Å². The fourth-order valence-corrected chi connectivity index (χ4v) is 7.19. The van der Waals surface area contributed by atoms with E-state index in [2.05, 4.69) is 37.7 Å². The van der Waals surface area contributed by atoms with Crippen LogP contribution in [0.25, 0.3) is 0 Å². The molecule has 0 spiro atoms. The lowest BCUT2D eigenvalue weighted by Gasteiger charge is -2.03. The van der Waals surface area contributed by atoms with Gasteiger partial charge in [0.1, 0.15) is 11.6 Å². The Morgan fingerprint density at radius 2 is 0.574 bits per heavy atom.